The van der Waals surface area contributed by atoms with Crippen molar-refractivity contribution in [1.82, 2.24) is 0 Å². The normalized spacial score (nSPS) is 23.8. The van der Waals surface area contributed by atoms with Crippen molar-refractivity contribution < 1.29 is 24.1 Å². The molecule has 0 unspecified atom stereocenters. The van der Waals surface area contributed by atoms with E-state index in [2.05, 4.69) is 19.1 Å². The number of hydrogen-bond acceptors (Lipinski definition) is 5. The van der Waals surface area contributed by atoms with Crippen molar-refractivity contribution in [3.8, 4) is 5.75 Å². The van der Waals surface area contributed by atoms with Gasteiger partial charge in [-0.15, -0.1) is 0 Å². The predicted octanol–water partition coefficient (Wildman–Crippen LogP) is 4.62. The summed E-state index contributed by atoms with van der Waals surface area (Å²) in [6, 6.07) is 7.79. The predicted molar refractivity (Wildman–Crippen MR) is 110 cm³/mol. The SMILES string of the molecule is COc1ccc(CO[C@](C)(CO)CC/C=C/CC[C@@]2(C)COC(C)(C)O2)cc1. The molecule has 0 bridgehead atoms. The summed E-state index contributed by atoms with van der Waals surface area (Å²) in [6.45, 7) is 9.06. The highest BCUT2D eigenvalue weighted by Gasteiger charge is 2.41. The Bertz CT molecular complexity index is 624. The Morgan fingerprint density at radius 1 is 1.14 bits per heavy atom. The van der Waals surface area contributed by atoms with Crippen LogP contribution in [0.3, 0.4) is 0 Å². The molecule has 28 heavy (non-hydrogen) atoms. The lowest BCUT2D eigenvalue weighted by molar-refractivity contribution is -0.158. The molecule has 5 heteroatoms. The summed E-state index contributed by atoms with van der Waals surface area (Å²) in [4.78, 5) is 0. The molecule has 1 saturated heterocycles. The lowest BCUT2D eigenvalue weighted by atomic mass is 9.99. The topological polar surface area (TPSA) is 57.2 Å². The van der Waals surface area contributed by atoms with Crippen LogP contribution in [0.25, 0.3) is 0 Å². The fourth-order valence-corrected chi connectivity index (χ4v) is 3.29. The van der Waals surface area contributed by atoms with Gasteiger partial charge in [0.1, 0.15) is 5.75 Å². The molecule has 1 aromatic carbocycles. The third-order valence-electron chi connectivity index (χ3n) is 5.14. The van der Waals surface area contributed by atoms with E-state index in [1.165, 1.54) is 0 Å². The number of hydrogen-bond donors (Lipinski definition) is 1. The summed E-state index contributed by atoms with van der Waals surface area (Å²) < 4.78 is 22.8. The molecule has 1 aliphatic heterocycles. The average molecular weight is 393 g/mol. The standard InChI is InChI=1S/C23H36O5/c1-21(2)27-18-23(4,28-21)15-9-7-6-8-14-22(3,17-24)26-16-19-10-12-20(25-5)13-11-19/h6-7,10-13,24H,8-9,14-18H2,1-5H3/b7-6+/t22-,23-/m0/s1. The van der Waals surface area contributed by atoms with Crippen molar-refractivity contribution in [2.75, 3.05) is 20.3 Å². The second-order valence-corrected chi connectivity index (χ2v) is 8.53. The highest BCUT2D eigenvalue weighted by molar-refractivity contribution is 5.26. The minimum absolute atomic E-state index is 0.00464. The van der Waals surface area contributed by atoms with E-state index in [0.717, 1.165) is 37.0 Å². The largest absolute Gasteiger partial charge is 0.497 e. The van der Waals surface area contributed by atoms with Crippen LogP contribution in [-0.4, -0.2) is 42.4 Å². The number of rotatable bonds is 11. The molecule has 2 atom stereocenters. The molecule has 1 heterocycles. The van der Waals surface area contributed by atoms with Gasteiger partial charge in [0.2, 0.25) is 0 Å². The Morgan fingerprint density at radius 2 is 1.82 bits per heavy atom. The summed E-state index contributed by atoms with van der Waals surface area (Å²) >= 11 is 0. The van der Waals surface area contributed by atoms with Crippen LogP contribution in [0.15, 0.2) is 36.4 Å². The summed E-state index contributed by atoms with van der Waals surface area (Å²) in [7, 11) is 1.65. The van der Waals surface area contributed by atoms with Crippen LogP contribution in [0.2, 0.25) is 0 Å². The Hall–Kier alpha value is -1.40. The van der Waals surface area contributed by atoms with Gasteiger partial charge in [-0.1, -0.05) is 24.3 Å². The molecular weight excluding hydrogens is 356 g/mol. The smallest absolute Gasteiger partial charge is 0.163 e. The first-order valence-corrected chi connectivity index (χ1v) is 10.1. The Kier molecular flexibility index (Phi) is 8.07. The van der Waals surface area contributed by atoms with Gasteiger partial charge in [-0.05, 0) is 71.1 Å². The van der Waals surface area contributed by atoms with Crippen molar-refractivity contribution in [3.05, 3.63) is 42.0 Å². The van der Waals surface area contributed by atoms with Gasteiger partial charge in [-0.2, -0.15) is 0 Å². The van der Waals surface area contributed by atoms with Crippen LogP contribution < -0.4 is 4.74 Å². The third-order valence-corrected chi connectivity index (χ3v) is 5.14. The second kappa shape index (κ2) is 9.88. The molecule has 158 valence electrons. The van der Waals surface area contributed by atoms with Crippen molar-refractivity contribution in [2.45, 2.75) is 77.0 Å². The van der Waals surface area contributed by atoms with Crippen molar-refractivity contribution in [3.63, 3.8) is 0 Å². The third kappa shape index (κ3) is 7.21. The van der Waals surface area contributed by atoms with E-state index in [1.807, 2.05) is 45.0 Å². The van der Waals surface area contributed by atoms with Gasteiger partial charge in [0.05, 0.1) is 38.1 Å². The van der Waals surface area contributed by atoms with E-state index in [0.29, 0.717) is 13.2 Å². The first-order valence-electron chi connectivity index (χ1n) is 10.1. The Balaban J connectivity index is 1.70. The number of allylic oxidation sites excluding steroid dienone is 2. The number of aliphatic hydroxyl groups excluding tert-OH is 1. The van der Waals surface area contributed by atoms with Gasteiger partial charge in [0, 0.05) is 0 Å². The van der Waals surface area contributed by atoms with Crippen LogP contribution in [0, 0.1) is 0 Å². The highest BCUT2D eigenvalue weighted by Crippen LogP contribution is 2.33. The fourth-order valence-electron chi connectivity index (χ4n) is 3.29. The molecule has 0 radical (unpaired) electrons. The average Bonchev–Trinajstić information content (AvgIpc) is 2.96. The van der Waals surface area contributed by atoms with Crippen LogP contribution in [-0.2, 0) is 20.8 Å². The maximum absolute atomic E-state index is 9.78. The highest BCUT2D eigenvalue weighted by atomic mass is 16.8. The lowest BCUT2D eigenvalue weighted by Crippen LogP contribution is -2.32. The molecule has 1 fully saturated rings. The summed E-state index contributed by atoms with van der Waals surface area (Å²) in [5.74, 6) is 0.341. The van der Waals surface area contributed by atoms with Crippen LogP contribution in [0.1, 0.15) is 58.9 Å². The van der Waals surface area contributed by atoms with Gasteiger partial charge in [-0.25, -0.2) is 0 Å². The van der Waals surface area contributed by atoms with Crippen LogP contribution in [0.4, 0.5) is 0 Å². The summed E-state index contributed by atoms with van der Waals surface area (Å²) in [5, 5.41) is 9.78. The first kappa shape index (κ1) is 22.9. The summed E-state index contributed by atoms with van der Waals surface area (Å²) in [6.07, 6.45) is 7.84. The first-order chi connectivity index (χ1) is 13.2. The van der Waals surface area contributed by atoms with E-state index in [1.54, 1.807) is 7.11 Å². The molecule has 0 amide bonds. The number of ether oxygens (including phenoxy) is 4. The van der Waals surface area contributed by atoms with Gasteiger partial charge >= 0.3 is 0 Å². The molecule has 1 N–H and O–H groups in total. The number of aliphatic hydroxyl groups is 1. The van der Waals surface area contributed by atoms with E-state index in [-0.39, 0.29) is 12.2 Å². The maximum Gasteiger partial charge on any atom is 0.163 e. The van der Waals surface area contributed by atoms with E-state index in [9.17, 15) is 5.11 Å². The number of benzene rings is 1. The molecule has 2 rings (SSSR count). The lowest BCUT2D eigenvalue weighted by Gasteiger charge is -2.27. The molecule has 1 aromatic rings. The fraction of sp³-hybridized carbons (Fsp3) is 0.652. The zero-order valence-corrected chi connectivity index (χ0v) is 18.0. The Morgan fingerprint density at radius 3 is 2.39 bits per heavy atom. The maximum atomic E-state index is 9.78. The molecular formula is C23H36O5. The number of methoxy groups -OCH3 is 1. The van der Waals surface area contributed by atoms with Crippen molar-refractivity contribution >= 4 is 0 Å². The van der Waals surface area contributed by atoms with Gasteiger partial charge in [-0.3, -0.25) is 0 Å². The second-order valence-electron chi connectivity index (χ2n) is 8.53. The molecule has 1 aliphatic rings. The molecule has 5 nitrogen and oxygen atoms in total. The van der Waals surface area contributed by atoms with Gasteiger partial charge < -0.3 is 24.1 Å². The van der Waals surface area contributed by atoms with Crippen LogP contribution in [0.5, 0.6) is 5.75 Å². The minimum Gasteiger partial charge on any atom is -0.497 e. The quantitative estimate of drug-likeness (QED) is 0.557. The van der Waals surface area contributed by atoms with Gasteiger partial charge in [0.15, 0.2) is 5.79 Å². The van der Waals surface area contributed by atoms with E-state index >= 15 is 0 Å². The van der Waals surface area contributed by atoms with Crippen molar-refractivity contribution in [2.24, 2.45) is 0 Å². The van der Waals surface area contributed by atoms with Crippen molar-refractivity contribution in [1.29, 1.82) is 0 Å². The van der Waals surface area contributed by atoms with Gasteiger partial charge in [0.25, 0.3) is 0 Å². The molecule has 0 aromatic heterocycles. The summed E-state index contributed by atoms with van der Waals surface area (Å²) in [5.41, 5.74) is 0.295. The zero-order chi connectivity index (χ0) is 20.7. The van der Waals surface area contributed by atoms with E-state index < -0.39 is 11.4 Å². The monoisotopic (exact) mass is 392 g/mol. The zero-order valence-electron chi connectivity index (χ0n) is 18.0. The minimum atomic E-state index is -0.553. The molecule has 0 spiro atoms. The van der Waals surface area contributed by atoms with Crippen LogP contribution >= 0.6 is 0 Å². The Labute approximate surface area is 169 Å². The molecule has 0 aliphatic carbocycles. The molecule has 0 saturated carbocycles. The van der Waals surface area contributed by atoms with E-state index in [4.69, 9.17) is 18.9 Å².